The zero-order chi connectivity index (χ0) is 15.5. The van der Waals surface area contributed by atoms with Gasteiger partial charge in [0.2, 0.25) is 0 Å². The fourth-order valence-electron chi connectivity index (χ4n) is 1.97. The average Bonchev–Trinajstić information content (AvgIpc) is 2.46. The highest BCUT2D eigenvalue weighted by atomic mass is 32.2. The maximum Gasteiger partial charge on any atom is 0.146 e. The molecule has 0 bridgehead atoms. The molecule has 7 heteroatoms. The molecule has 0 aliphatic carbocycles. The minimum atomic E-state index is -4.56. The monoisotopic (exact) mass is 305 g/mol. The number of benzene rings is 2. The molecule has 2 aromatic carbocycles. The van der Waals surface area contributed by atoms with E-state index >= 15 is 0 Å². The minimum Gasteiger partial charge on any atom is -0.744 e. The summed E-state index contributed by atoms with van der Waals surface area (Å²) in [5.74, 6) is 0.506. The SMILES string of the molecule is CN=Nc1cc(-c2ccccc2S(=O)(=O)[O-])ccc1OC. The molecule has 0 aliphatic rings. The van der Waals surface area contributed by atoms with Crippen molar-refractivity contribution in [2.75, 3.05) is 14.2 Å². The van der Waals surface area contributed by atoms with Crippen LogP contribution >= 0.6 is 0 Å². The van der Waals surface area contributed by atoms with Gasteiger partial charge in [0.25, 0.3) is 0 Å². The van der Waals surface area contributed by atoms with Gasteiger partial charge in [0, 0.05) is 7.05 Å². The maximum absolute atomic E-state index is 11.3. The van der Waals surface area contributed by atoms with Gasteiger partial charge in [-0.2, -0.15) is 10.2 Å². The average molecular weight is 305 g/mol. The first-order valence-corrected chi connectivity index (χ1v) is 7.41. The number of ether oxygens (including phenoxy) is 1. The fourth-order valence-corrected chi connectivity index (χ4v) is 2.67. The molecule has 0 heterocycles. The van der Waals surface area contributed by atoms with E-state index in [0.29, 0.717) is 22.6 Å². The van der Waals surface area contributed by atoms with Crippen LogP contribution in [-0.2, 0) is 10.1 Å². The third-order valence-electron chi connectivity index (χ3n) is 2.85. The third-order valence-corrected chi connectivity index (χ3v) is 3.75. The number of rotatable bonds is 4. The van der Waals surface area contributed by atoms with Crippen LogP contribution in [0.25, 0.3) is 11.1 Å². The lowest BCUT2D eigenvalue weighted by atomic mass is 10.0. The highest BCUT2D eigenvalue weighted by Gasteiger charge is 2.12. The van der Waals surface area contributed by atoms with Crippen LogP contribution in [0.1, 0.15) is 0 Å². The Bertz CT molecular complexity index is 785. The summed E-state index contributed by atoms with van der Waals surface area (Å²) < 4.78 is 39.2. The molecule has 6 nitrogen and oxygen atoms in total. The molecule has 0 radical (unpaired) electrons. The van der Waals surface area contributed by atoms with Gasteiger partial charge in [-0.25, -0.2) is 8.42 Å². The van der Waals surface area contributed by atoms with Crippen molar-refractivity contribution in [2.24, 2.45) is 10.2 Å². The number of hydrogen-bond acceptors (Lipinski definition) is 6. The van der Waals surface area contributed by atoms with Crippen LogP contribution in [0.4, 0.5) is 5.69 Å². The zero-order valence-corrected chi connectivity index (χ0v) is 12.3. The van der Waals surface area contributed by atoms with Crippen molar-refractivity contribution in [2.45, 2.75) is 4.90 Å². The van der Waals surface area contributed by atoms with Crippen LogP contribution in [-0.4, -0.2) is 27.1 Å². The molecule has 0 aromatic heterocycles. The summed E-state index contributed by atoms with van der Waals surface area (Å²) in [4.78, 5) is -0.269. The lowest BCUT2D eigenvalue weighted by Crippen LogP contribution is -2.00. The molecule has 0 spiro atoms. The van der Waals surface area contributed by atoms with Crippen LogP contribution < -0.4 is 4.74 Å². The van der Waals surface area contributed by atoms with Crippen LogP contribution in [0.2, 0.25) is 0 Å². The Labute approximate surface area is 122 Å². The molecule has 0 saturated carbocycles. The van der Waals surface area contributed by atoms with E-state index < -0.39 is 10.1 Å². The normalized spacial score (nSPS) is 11.8. The van der Waals surface area contributed by atoms with Crippen LogP contribution in [0.3, 0.4) is 0 Å². The van der Waals surface area contributed by atoms with Gasteiger partial charge in [-0.15, -0.1) is 0 Å². The molecule has 0 fully saturated rings. The van der Waals surface area contributed by atoms with Gasteiger partial charge in [0.1, 0.15) is 21.6 Å². The van der Waals surface area contributed by atoms with E-state index in [1.165, 1.54) is 26.3 Å². The highest BCUT2D eigenvalue weighted by Crippen LogP contribution is 2.35. The van der Waals surface area contributed by atoms with Gasteiger partial charge in [-0.3, -0.25) is 0 Å². The Balaban J connectivity index is 2.66. The molecule has 0 amide bonds. The van der Waals surface area contributed by atoms with Gasteiger partial charge >= 0.3 is 0 Å². The van der Waals surface area contributed by atoms with Crippen molar-refractivity contribution in [1.82, 2.24) is 0 Å². The highest BCUT2D eigenvalue weighted by molar-refractivity contribution is 7.85. The van der Waals surface area contributed by atoms with E-state index in [2.05, 4.69) is 10.2 Å². The number of azo groups is 1. The lowest BCUT2D eigenvalue weighted by Gasteiger charge is -2.14. The van der Waals surface area contributed by atoms with Gasteiger partial charge in [-0.1, -0.05) is 24.3 Å². The van der Waals surface area contributed by atoms with Crippen molar-refractivity contribution in [3.05, 3.63) is 42.5 Å². The predicted octanol–water partition coefficient (Wildman–Crippen LogP) is 2.98. The van der Waals surface area contributed by atoms with Crippen LogP contribution in [0.15, 0.2) is 57.6 Å². The quantitative estimate of drug-likeness (QED) is 0.641. The molecule has 110 valence electrons. The Morgan fingerprint density at radius 2 is 1.86 bits per heavy atom. The maximum atomic E-state index is 11.3. The molecule has 0 unspecified atom stereocenters. The molecule has 0 N–H and O–H groups in total. The van der Waals surface area contributed by atoms with Crippen molar-refractivity contribution < 1.29 is 17.7 Å². The Kier molecular flexibility index (Phi) is 4.35. The molecule has 2 aromatic rings. The summed E-state index contributed by atoms with van der Waals surface area (Å²) in [7, 11) is -1.54. The summed E-state index contributed by atoms with van der Waals surface area (Å²) in [5, 5.41) is 7.61. The summed E-state index contributed by atoms with van der Waals surface area (Å²) in [6.45, 7) is 0. The van der Waals surface area contributed by atoms with Gasteiger partial charge in [0.15, 0.2) is 0 Å². The second-order valence-corrected chi connectivity index (χ2v) is 5.48. The van der Waals surface area contributed by atoms with Crippen molar-refractivity contribution in [3.63, 3.8) is 0 Å². The zero-order valence-electron chi connectivity index (χ0n) is 11.5. The Morgan fingerprint density at radius 3 is 2.48 bits per heavy atom. The van der Waals surface area contributed by atoms with Gasteiger partial charge in [-0.05, 0) is 29.3 Å². The first-order valence-electron chi connectivity index (χ1n) is 6.00. The summed E-state index contributed by atoms with van der Waals surface area (Å²) in [6, 6.07) is 10.9. The largest absolute Gasteiger partial charge is 0.744 e. The molecule has 2 rings (SSSR count). The van der Waals surface area contributed by atoms with Crippen molar-refractivity contribution in [1.29, 1.82) is 0 Å². The first kappa shape index (κ1) is 15.1. The second-order valence-electron chi connectivity index (χ2n) is 4.14. The van der Waals surface area contributed by atoms with Crippen molar-refractivity contribution >= 4 is 15.8 Å². The minimum absolute atomic E-state index is 0.269. The lowest BCUT2D eigenvalue weighted by molar-refractivity contribution is 0.416. The van der Waals surface area contributed by atoms with Gasteiger partial charge in [0.05, 0.1) is 12.0 Å². The first-order chi connectivity index (χ1) is 9.97. The summed E-state index contributed by atoms with van der Waals surface area (Å²) >= 11 is 0. The van der Waals surface area contributed by atoms with E-state index in [1.807, 2.05) is 0 Å². The predicted molar refractivity (Wildman–Crippen MR) is 76.8 cm³/mol. The van der Waals surface area contributed by atoms with E-state index in [1.54, 1.807) is 30.3 Å². The molecule has 21 heavy (non-hydrogen) atoms. The summed E-state index contributed by atoms with van der Waals surface area (Å²) in [5.41, 5.74) is 1.33. The van der Waals surface area contributed by atoms with E-state index in [-0.39, 0.29) is 4.90 Å². The Hall–Kier alpha value is -2.25. The topological polar surface area (TPSA) is 91.2 Å². The standard InChI is InChI=1S/C14H14N2O4S/c1-15-16-12-9-10(7-8-13(12)20-2)11-5-3-4-6-14(11)21(17,18)19/h3-9H,1-2H3,(H,17,18,19)/p-1. The smallest absolute Gasteiger partial charge is 0.146 e. The fraction of sp³-hybridized carbons (Fsp3) is 0.143. The summed E-state index contributed by atoms with van der Waals surface area (Å²) in [6.07, 6.45) is 0. The second kappa shape index (κ2) is 6.02. The molecular weight excluding hydrogens is 292 g/mol. The van der Waals surface area contributed by atoms with Crippen molar-refractivity contribution in [3.8, 4) is 16.9 Å². The van der Waals surface area contributed by atoms with E-state index in [0.717, 1.165) is 0 Å². The molecule has 0 atom stereocenters. The third kappa shape index (κ3) is 3.26. The van der Waals surface area contributed by atoms with Crippen LogP contribution in [0.5, 0.6) is 5.75 Å². The Morgan fingerprint density at radius 1 is 1.14 bits per heavy atom. The van der Waals surface area contributed by atoms with E-state index in [4.69, 9.17) is 4.74 Å². The number of nitrogens with zero attached hydrogens (tertiary/aromatic N) is 2. The van der Waals surface area contributed by atoms with Gasteiger partial charge < -0.3 is 9.29 Å². The number of hydrogen-bond donors (Lipinski definition) is 0. The van der Waals surface area contributed by atoms with E-state index in [9.17, 15) is 13.0 Å². The molecule has 0 saturated heterocycles. The number of methoxy groups -OCH3 is 1. The van der Waals surface area contributed by atoms with Crippen LogP contribution in [0, 0.1) is 0 Å². The molecular formula is C14H13N2O4S-. The molecule has 0 aliphatic heterocycles.